The van der Waals surface area contributed by atoms with Crippen molar-refractivity contribution in [2.75, 3.05) is 18.1 Å². The number of benzene rings is 1. The van der Waals surface area contributed by atoms with Crippen molar-refractivity contribution in [2.24, 2.45) is 0 Å². The number of hydrogen-bond donors (Lipinski definition) is 1. The average molecular weight is 213 g/mol. The maximum absolute atomic E-state index is 12.8. The summed E-state index contributed by atoms with van der Waals surface area (Å²) in [6.07, 6.45) is 0. The first-order valence-corrected chi connectivity index (χ1v) is 6.01. The molecule has 0 radical (unpaired) electrons. The van der Waals surface area contributed by atoms with E-state index in [-0.39, 0.29) is 5.82 Å². The van der Waals surface area contributed by atoms with Gasteiger partial charge in [-0.15, -0.1) is 0 Å². The van der Waals surface area contributed by atoms with Gasteiger partial charge in [0.25, 0.3) is 0 Å². The average Bonchev–Trinajstić information content (AvgIpc) is 2.18. The van der Waals surface area contributed by atoms with E-state index in [1.807, 2.05) is 17.8 Å². The van der Waals surface area contributed by atoms with Crippen molar-refractivity contribution in [3.63, 3.8) is 0 Å². The lowest BCUT2D eigenvalue weighted by Crippen LogP contribution is -2.16. The molecule has 0 fully saturated rings. The Labute approximate surface area is 89.1 Å². The minimum atomic E-state index is -0.160. The van der Waals surface area contributed by atoms with E-state index in [9.17, 15) is 4.39 Å². The van der Waals surface area contributed by atoms with Gasteiger partial charge in [0.05, 0.1) is 0 Å². The lowest BCUT2D eigenvalue weighted by Gasteiger charge is -2.04. The van der Waals surface area contributed by atoms with Crippen LogP contribution in [0.5, 0.6) is 0 Å². The molecule has 0 atom stereocenters. The van der Waals surface area contributed by atoms with Crippen molar-refractivity contribution in [1.82, 2.24) is 5.32 Å². The fraction of sp³-hybridized carbons (Fsp3) is 0.455. The summed E-state index contributed by atoms with van der Waals surface area (Å²) in [4.78, 5) is 0. The fourth-order valence-electron chi connectivity index (χ4n) is 1.17. The van der Waals surface area contributed by atoms with Gasteiger partial charge in [0.1, 0.15) is 5.82 Å². The lowest BCUT2D eigenvalue weighted by atomic mass is 10.2. The second-order valence-electron chi connectivity index (χ2n) is 3.00. The first-order valence-electron chi connectivity index (χ1n) is 4.86. The van der Waals surface area contributed by atoms with Crippen molar-refractivity contribution in [1.29, 1.82) is 0 Å². The Bertz CT molecular complexity index is 265. The van der Waals surface area contributed by atoms with Crippen LogP contribution in [0.1, 0.15) is 12.5 Å². The Hall–Kier alpha value is -0.540. The first-order chi connectivity index (χ1) is 6.83. The van der Waals surface area contributed by atoms with E-state index >= 15 is 0 Å². The van der Waals surface area contributed by atoms with E-state index in [1.165, 1.54) is 6.07 Å². The van der Waals surface area contributed by atoms with Gasteiger partial charge in [-0.1, -0.05) is 19.1 Å². The van der Waals surface area contributed by atoms with Crippen molar-refractivity contribution < 1.29 is 4.39 Å². The van der Waals surface area contributed by atoms with Crippen molar-refractivity contribution in [2.45, 2.75) is 13.5 Å². The molecule has 1 aromatic carbocycles. The van der Waals surface area contributed by atoms with E-state index < -0.39 is 0 Å². The highest BCUT2D eigenvalue weighted by molar-refractivity contribution is 7.99. The van der Waals surface area contributed by atoms with Crippen molar-refractivity contribution >= 4 is 11.8 Å². The molecule has 0 saturated heterocycles. The number of halogens is 1. The Morgan fingerprint density at radius 3 is 3.00 bits per heavy atom. The van der Waals surface area contributed by atoms with Crippen molar-refractivity contribution in [3.8, 4) is 0 Å². The van der Waals surface area contributed by atoms with Gasteiger partial charge < -0.3 is 5.32 Å². The normalized spacial score (nSPS) is 10.4. The summed E-state index contributed by atoms with van der Waals surface area (Å²) in [7, 11) is 0. The second-order valence-corrected chi connectivity index (χ2v) is 4.40. The Kier molecular flexibility index (Phi) is 5.64. The zero-order valence-electron chi connectivity index (χ0n) is 8.42. The Morgan fingerprint density at radius 1 is 1.43 bits per heavy atom. The minimum absolute atomic E-state index is 0.160. The highest BCUT2D eigenvalue weighted by atomic mass is 32.2. The summed E-state index contributed by atoms with van der Waals surface area (Å²) in [6, 6.07) is 6.71. The lowest BCUT2D eigenvalue weighted by molar-refractivity contribution is 0.622. The summed E-state index contributed by atoms with van der Waals surface area (Å²) >= 11 is 1.91. The van der Waals surface area contributed by atoms with E-state index in [1.54, 1.807) is 12.1 Å². The molecule has 0 aliphatic carbocycles. The molecule has 3 heteroatoms. The predicted molar refractivity (Wildman–Crippen MR) is 61.1 cm³/mol. The van der Waals surface area contributed by atoms with E-state index in [4.69, 9.17) is 0 Å². The summed E-state index contributed by atoms with van der Waals surface area (Å²) in [5.74, 6) is 2.11. The SMILES string of the molecule is CCSCCNCc1cccc(F)c1. The van der Waals surface area contributed by atoms with E-state index in [0.29, 0.717) is 0 Å². The molecule has 1 aromatic rings. The zero-order valence-corrected chi connectivity index (χ0v) is 9.24. The van der Waals surface area contributed by atoms with Crippen LogP contribution < -0.4 is 5.32 Å². The summed E-state index contributed by atoms with van der Waals surface area (Å²) < 4.78 is 12.8. The number of hydrogen-bond acceptors (Lipinski definition) is 2. The summed E-state index contributed by atoms with van der Waals surface area (Å²) in [5.41, 5.74) is 1.01. The topological polar surface area (TPSA) is 12.0 Å². The smallest absolute Gasteiger partial charge is 0.123 e. The third kappa shape index (κ3) is 4.63. The highest BCUT2D eigenvalue weighted by Gasteiger charge is 1.94. The molecule has 0 unspecified atom stereocenters. The molecule has 14 heavy (non-hydrogen) atoms. The van der Waals surface area contributed by atoms with Gasteiger partial charge in [0.2, 0.25) is 0 Å². The first kappa shape index (κ1) is 11.5. The van der Waals surface area contributed by atoms with Gasteiger partial charge in [0.15, 0.2) is 0 Å². The molecule has 1 N–H and O–H groups in total. The van der Waals surface area contributed by atoms with Gasteiger partial charge in [-0.3, -0.25) is 0 Å². The molecule has 0 spiro atoms. The van der Waals surface area contributed by atoms with Crippen LogP contribution in [0.4, 0.5) is 4.39 Å². The monoisotopic (exact) mass is 213 g/mol. The van der Waals surface area contributed by atoms with Crippen LogP contribution in [0.15, 0.2) is 24.3 Å². The molecule has 78 valence electrons. The number of nitrogens with one attached hydrogen (secondary N) is 1. The molecule has 1 rings (SSSR count). The molecule has 0 amide bonds. The second kappa shape index (κ2) is 6.85. The van der Waals surface area contributed by atoms with Gasteiger partial charge in [-0.25, -0.2) is 4.39 Å². The van der Waals surface area contributed by atoms with Crippen molar-refractivity contribution in [3.05, 3.63) is 35.6 Å². The van der Waals surface area contributed by atoms with Gasteiger partial charge in [-0.05, 0) is 23.4 Å². The largest absolute Gasteiger partial charge is 0.312 e. The Morgan fingerprint density at radius 2 is 2.29 bits per heavy atom. The van der Waals surface area contributed by atoms with Crippen LogP contribution in [0, 0.1) is 5.82 Å². The third-order valence-electron chi connectivity index (χ3n) is 1.85. The molecule has 0 aromatic heterocycles. The van der Waals surface area contributed by atoms with Crippen LogP contribution in [0.3, 0.4) is 0 Å². The van der Waals surface area contributed by atoms with Gasteiger partial charge in [0, 0.05) is 18.8 Å². The zero-order chi connectivity index (χ0) is 10.2. The minimum Gasteiger partial charge on any atom is -0.312 e. The Balaban J connectivity index is 2.18. The van der Waals surface area contributed by atoms with E-state index in [0.717, 1.165) is 30.2 Å². The summed E-state index contributed by atoms with van der Waals surface area (Å²) in [5, 5.41) is 3.28. The fourth-order valence-corrected chi connectivity index (χ4v) is 1.75. The van der Waals surface area contributed by atoms with Crippen LogP contribution >= 0.6 is 11.8 Å². The van der Waals surface area contributed by atoms with Crippen LogP contribution in [0.25, 0.3) is 0 Å². The molecule has 0 heterocycles. The molecule has 0 aliphatic heterocycles. The molecular formula is C11H16FNS. The standard InChI is InChI=1S/C11H16FNS/c1-2-14-7-6-13-9-10-4-3-5-11(12)8-10/h3-5,8,13H,2,6-7,9H2,1H3. The molecule has 0 aliphatic rings. The maximum Gasteiger partial charge on any atom is 0.123 e. The van der Waals surface area contributed by atoms with Crippen LogP contribution in [-0.4, -0.2) is 18.1 Å². The van der Waals surface area contributed by atoms with Crippen LogP contribution in [0.2, 0.25) is 0 Å². The highest BCUT2D eigenvalue weighted by Crippen LogP contribution is 2.03. The van der Waals surface area contributed by atoms with E-state index in [2.05, 4.69) is 12.2 Å². The van der Waals surface area contributed by atoms with Gasteiger partial charge >= 0.3 is 0 Å². The van der Waals surface area contributed by atoms with Crippen LogP contribution in [-0.2, 0) is 6.54 Å². The number of thioether (sulfide) groups is 1. The summed E-state index contributed by atoms with van der Waals surface area (Å²) in [6.45, 7) is 3.88. The quantitative estimate of drug-likeness (QED) is 0.729. The molecule has 1 nitrogen and oxygen atoms in total. The predicted octanol–water partition coefficient (Wildman–Crippen LogP) is 2.67. The maximum atomic E-state index is 12.8. The number of rotatable bonds is 6. The molecular weight excluding hydrogens is 197 g/mol. The van der Waals surface area contributed by atoms with Gasteiger partial charge in [-0.2, -0.15) is 11.8 Å². The third-order valence-corrected chi connectivity index (χ3v) is 2.75. The molecule has 0 saturated carbocycles. The molecule has 0 bridgehead atoms.